The van der Waals surface area contributed by atoms with Crippen molar-refractivity contribution in [1.82, 2.24) is 0 Å². The van der Waals surface area contributed by atoms with Gasteiger partial charge in [0.25, 0.3) is 0 Å². The summed E-state index contributed by atoms with van der Waals surface area (Å²) in [4.78, 5) is 11.3. The monoisotopic (exact) mass is 324 g/mol. The van der Waals surface area contributed by atoms with E-state index in [2.05, 4.69) is 15.9 Å². The molecule has 0 fully saturated rings. The van der Waals surface area contributed by atoms with Crippen LogP contribution in [0.25, 0.3) is 0 Å². The van der Waals surface area contributed by atoms with Gasteiger partial charge in [0.15, 0.2) is 0 Å². The number of ketones is 1. The standard InChI is InChI=1S/C12H12BrF3O2/c1-2-18-10-3-4-11(12(14,15)16)8(6-10)5-9(17)7-13/h3-4,6H,2,5,7H2,1H3. The van der Waals surface area contributed by atoms with Crippen molar-refractivity contribution >= 4 is 21.7 Å². The first-order valence-corrected chi connectivity index (χ1v) is 6.41. The molecular formula is C12H12BrF3O2. The summed E-state index contributed by atoms with van der Waals surface area (Å²) in [7, 11) is 0. The summed E-state index contributed by atoms with van der Waals surface area (Å²) in [5.74, 6) is 0.0250. The minimum absolute atomic E-state index is 0.0309. The number of benzene rings is 1. The van der Waals surface area contributed by atoms with Gasteiger partial charge in [-0.3, -0.25) is 4.79 Å². The molecule has 0 unspecified atom stereocenters. The van der Waals surface area contributed by atoms with Crippen molar-refractivity contribution in [2.24, 2.45) is 0 Å². The lowest BCUT2D eigenvalue weighted by atomic mass is 10.0. The molecule has 0 atom stereocenters. The van der Waals surface area contributed by atoms with Gasteiger partial charge in [0.05, 0.1) is 17.5 Å². The van der Waals surface area contributed by atoms with Gasteiger partial charge in [-0.2, -0.15) is 13.2 Å². The van der Waals surface area contributed by atoms with Gasteiger partial charge in [0.2, 0.25) is 0 Å². The first-order valence-electron chi connectivity index (χ1n) is 5.29. The summed E-state index contributed by atoms with van der Waals surface area (Å²) in [5.41, 5.74) is -0.849. The third-order valence-corrected chi connectivity index (χ3v) is 2.86. The van der Waals surface area contributed by atoms with Crippen molar-refractivity contribution in [2.45, 2.75) is 19.5 Å². The number of carbonyl (C=O) groups is 1. The Morgan fingerprint density at radius 2 is 2.06 bits per heavy atom. The zero-order valence-corrected chi connectivity index (χ0v) is 11.3. The molecule has 0 aliphatic heterocycles. The average molecular weight is 325 g/mol. The Bertz CT molecular complexity index is 430. The van der Waals surface area contributed by atoms with Crippen LogP contribution in [0.15, 0.2) is 18.2 Å². The maximum Gasteiger partial charge on any atom is 0.416 e. The van der Waals surface area contributed by atoms with Crippen LogP contribution in [0.3, 0.4) is 0 Å². The third-order valence-electron chi connectivity index (χ3n) is 2.23. The van der Waals surface area contributed by atoms with Gasteiger partial charge in [0.1, 0.15) is 11.5 Å². The highest BCUT2D eigenvalue weighted by Crippen LogP contribution is 2.34. The number of carbonyl (C=O) groups excluding carboxylic acids is 1. The van der Waals surface area contributed by atoms with Crippen LogP contribution in [0.5, 0.6) is 5.75 Å². The van der Waals surface area contributed by atoms with Gasteiger partial charge < -0.3 is 4.74 Å². The topological polar surface area (TPSA) is 26.3 Å². The molecule has 18 heavy (non-hydrogen) atoms. The molecule has 6 heteroatoms. The van der Waals surface area contributed by atoms with Gasteiger partial charge in [-0.1, -0.05) is 15.9 Å². The zero-order chi connectivity index (χ0) is 13.8. The Kier molecular flexibility index (Phi) is 5.19. The van der Waals surface area contributed by atoms with Crippen LogP contribution in [-0.2, 0) is 17.4 Å². The van der Waals surface area contributed by atoms with Gasteiger partial charge in [-0.15, -0.1) is 0 Å². The highest BCUT2D eigenvalue weighted by molar-refractivity contribution is 9.09. The summed E-state index contributed by atoms with van der Waals surface area (Å²) < 4.78 is 43.4. The quantitative estimate of drug-likeness (QED) is 0.773. The Balaban J connectivity index is 3.13. The second kappa shape index (κ2) is 6.22. The lowest BCUT2D eigenvalue weighted by molar-refractivity contribution is -0.138. The number of hydrogen-bond acceptors (Lipinski definition) is 2. The fourth-order valence-electron chi connectivity index (χ4n) is 1.51. The molecule has 0 spiro atoms. The number of halogens is 4. The molecule has 2 nitrogen and oxygen atoms in total. The fraction of sp³-hybridized carbons (Fsp3) is 0.417. The molecule has 0 saturated carbocycles. The third kappa shape index (κ3) is 4.01. The van der Waals surface area contributed by atoms with Crippen molar-refractivity contribution in [3.05, 3.63) is 29.3 Å². The second-order valence-corrected chi connectivity index (χ2v) is 4.16. The second-order valence-electron chi connectivity index (χ2n) is 3.60. The Morgan fingerprint density at radius 3 is 2.56 bits per heavy atom. The van der Waals surface area contributed by atoms with E-state index in [9.17, 15) is 18.0 Å². The van der Waals surface area contributed by atoms with Crippen molar-refractivity contribution < 1.29 is 22.7 Å². The summed E-state index contributed by atoms with van der Waals surface area (Å²) in [6.45, 7) is 2.10. The number of alkyl halides is 4. The van der Waals surface area contributed by atoms with Crippen LogP contribution in [0, 0.1) is 0 Å². The molecule has 0 aliphatic rings. The minimum Gasteiger partial charge on any atom is -0.494 e. The molecule has 100 valence electrons. The Labute approximate surface area is 111 Å². The van der Waals surface area contributed by atoms with E-state index in [1.54, 1.807) is 6.92 Å². The van der Waals surface area contributed by atoms with E-state index in [1.165, 1.54) is 12.1 Å². The highest BCUT2D eigenvalue weighted by Gasteiger charge is 2.33. The molecule has 0 aliphatic carbocycles. The number of Topliss-reactive ketones (excluding diaryl/α,β-unsaturated/α-hetero) is 1. The van der Waals surface area contributed by atoms with Gasteiger partial charge in [-0.25, -0.2) is 0 Å². The molecule has 0 amide bonds. The predicted octanol–water partition coefficient (Wildman–Crippen LogP) is 3.61. The number of rotatable bonds is 5. The SMILES string of the molecule is CCOc1ccc(C(F)(F)F)c(CC(=O)CBr)c1. The smallest absolute Gasteiger partial charge is 0.416 e. The zero-order valence-electron chi connectivity index (χ0n) is 9.68. The summed E-state index contributed by atoms with van der Waals surface area (Å²) in [6.07, 6.45) is -4.73. The number of ether oxygens (including phenoxy) is 1. The molecule has 0 bridgehead atoms. The molecule has 0 saturated heterocycles. The van der Waals surface area contributed by atoms with Crippen molar-refractivity contribution in [2.75, 3.05) is 11.9 Å². The van der Waals surface area contributed by atoms with E-state index in [0.29, 0.717) is 12.4 Å². The van der Waals surface area contributed by atoms with Gasteiger partial charge in [-0.05, 0) is 30.7 Å². The maximum atomic E-state index is 12.8. The lowest BCUT2D eigenvalue weighted by Gasteiger charge is -2.14. The number of hydrogen-bond donors (Lipinski definition) is 0. The predicted molar refractivity (Wildman–Crippen MR) is 65.1 cm³/mol. The van der Waals surface area contributed by atoms with E-state index >= 15 is 0 Å². The van der Waals surface area contributed by atoms with E-state index in [1.807, 2.05) is 0 Å². The van der Waals surface area contributed by atoms with E-state index in [-0.39, 0.29) is 23.1 Å². The first kappa shape index (κ1) is 15.0. The fourth-order valence-corrected chi connectivity index (χ4v) is 1.71. The van der Waals surface area contributed by atoms with Crippen molar-refractivity contribution in [3.63, 3.8) is 0 Å². The molecule has 1 rings (SSSR count). The average Bonchev–Trinajstić information content (AvgIpc) is 2.28. The Hall–Kier alpha value is -1.04. The van der Waals surface area contributed by atoms with Crippen LogP contribution < -0.4 is 4.74 Å². The lowest BCUT2D eigenvalue weighted by Crippen LogP contribution is -2.13. The normalized spacial score (nSPS) is 11.4. The van der Waals surface area contributed by atoms with E-state index < -0.39 is 11.7 Å². The summed E-state index contributed by atoms with van der Waals surface area (Å²) >= 11 is 2.93. The van der Waals surface area contributed by atoms with Crippen LogP contribution in [0.4, 0.5) is 13.2 Å². The molecule has 0 N–H and O–H groups in total. The maximum absolute atomic E-state index is 12.8. The molecule has 0 heterocycles. The largest absolute Gasteiger partial charge is 0.494 e. The minimum atomic E-state index is -4.47. The Morgan fingerprint density at radius 1 is 1.39 bits per heavy atom. The van der Waals surface area contributed by atoms with Gasteiger partial charge >= 0.3 is 6.18 Å². The highest BCUT2D eigenvalue weighted by atomic mass is 79.9. The molecule has 0 aromatic heterocycles. The van der Waals surface area contributed by atoms with Crippen molar-refractivity contribution in [3.8, 4) is 5.75 Å². The van der Waals surface area contributed by atoms with E-state index in [4.69, 9.17) is 4.74 Å². The van der Waals surface area contributed by atoms with Crippen molar-refractivity contribution in [1.29, 1.82) is 0 Å². The first-order chi connectivity index (χ1) is 8.38. The van der Waals surface area contributed by atoms with E-state index in [0.717, 1.165) is 6.07 Å². The van der Waals surface area contributed by atoms with Crippen LogP contribution in [-0.4, -0.2) is 17.7 Å². The van der Waals surface area contributed by atoms with Crippen LogP contribution >= 0.6 is 15.9 Å². The summed E-state index contributed by atoms with van der Waals surface area (Å²) in [6, 6.07) is 3.48. The summed E-state index contributed by atoms with van der Waals surface area (Å²) in [5, 5.41) is 0.0309. The molecular weight excluding hydrogens is 313 g/mol. The van der Waals surface area contributed by atoms with Gasteiger partial charge in [0, 0.05) is 6.42 Å². The molecule has 1 aromatic carbocycles. The van der Waals surface area contributed by atoms with Crippen LogP contribution in [0.2, 0.25) is 0 Å². The molecule has 1 aromatic rings. The van der Waals surface area contributed by atoms with Crippen LogP contribution in [0.1, 0.15) is 18.1 Å². The molecule has 0 radical (unpaired) electrons.